The van der Waals surface area contributed by atoms with Gasteiger partial charge in [-0.1, -0.05) is 30.3 Å². The lowest BCUT2D eigenvalue weighted by Crippen LogP contribution is -2.45. The van der Waals surface area contributed by atoms with E-state index in [0.29, 0.717) is 13.2 Å². The van der Waals surface area contributed by atoms with Gasteiger partial charge >= 0.3 is 0 Å². The van der Waals surface area contributed by atoms with Gasteiger partial charge in [0.1, 0.15) is 0 Å². The quantitative estimate of drug-likeness (QED) is 0.438. The molecule has 0 aromatic heterocycles. The predicted octanol–water partition coefficient (Wildman–Crippen LogP) is 1.85. The first-order valence-electron chi connectivity index (χ1n) is 5.35. The molecule has 0 heterocycles. The minimum atomic E-state index is -1.25. The van der Waals surface area contributed by atoms with Gasteiger partial charge in [0.2, 0.25) is 0 Å². The zero-order valence-corrected chi connectivity index (χ0v) is 9.69. The van der Waals surface area contributed by atoms with Crippen molar-refractivity contribution < 1.29 is 9.47 Å². The van der Waals surface area contributed by atoms with Crippen molar-refractivity contribution in [1.82, 2.24) is 0 Å². The van der Waals surface area contributed by atoms with E-state index in [-0.39, 0.29) is 5.84 Å². The van der Waals surface area contributed by atoms with Crippen LogP contribution in [-0.4, -0.2) is 19.0 Å². The maximum atomic E-state index is 7.67. The lowest BCUT2D eigenvalue weighted by Gasteiger charge is -2.32. The monoisotopic (exact) mass is 222 g/mol. The largest absolute Gasteiger partial charge is 0.383 e. The molecule has 0 aliphatic rings. The number of benzene rings is 1. The Kier molecular flexibility index (Phi) is 4.46. The first kappa shape index (κ1) is 12.7. The van der Waals surface area contributed by atoms with Gasteiger partial charge < -0.3 is 15.2 Å². The van der Waals surface area contributed by atoms with Crippen LogP contribution in [0.4, 0.5) is 0 Å². The van der Waals surface area contributed by atoms with Crippen LogP contribution in [0.25, 0.3) is 0 Å². The Morgan fingerprint density at radius 1 is 1.19 bits per heavy atom. The minimum absolute atomic E-state index is 0.137. The molecule has 88 valence electrons. The molecule has 0 unspecified atom stereocenters. The summed E-state index contributed by atoms with van der Waals surface area (Å²) in [4.78, 5) is 0. The van der Waals surface area contributed by atoms with Crippen molar-refractivity contribution >= 4 is 5.84 Å². The molecule has 0 saturated heterocycles. The summed E-state index contributed by atoms with van der Waals surface area (Å²) in [5.74, 6) is -1.38. The third kappa shape index (κ3) is 2.40. The summed E-state index contributed by atoms with van der Waals surface area (Å²) in [5, 5.41) is 7.67. The average Bonchev–Trinajstić information content (AvgIpc) is 2.29. The highest BCUT2D eigenvalue weighted by Gasteiger charge is 2.37. The van der Waals surface area contributed by atoms with Crippen molar-refractivity contribution in [3.8, 4) is 0 Å². The van der Waals surface area contributed by atoms with E-state index < -0.39 is 5.79 Å². The maximum absolute atomic E-state index is 7.67. The van der Waals surface area contributed by atoms with Crippen LogP contribution >= 0.6 is 0 Å². The fourth-order valence-corrected chi connectivity index (χ4v) is 1.58. The molecule has 1 rings (SSSR count). The molecule has 0 atom stereocenters. The predicted molar refractivity (Wildman–Crippen MR) is 63.3 cm³/mol. The van der Waals surface area contributed by atoms with Gasteiger partial charge in [0.25, 0.3) is 5.79 Å². The topological polar surface area (TPSA) is 68.3 Å². The average molecular weight is 222 g/mol. The van der Waals surface area contributed by atoms with E-state index in [1.165, 1.54) is 0 Å². The van der Waals surface area contributed by atoms with Crippen LogP contribution in [0.2, 0.25) is 0 Å². The Balaban J connectivity index is 3.15. The lowest BCUT2D eigenvalue weighted by molar-refractivity contribution is -0.192. The van der Waals surface area contributed by atoms with Gasteiger partial charge in [-0.15, -0.1) is 0 Å². The molecule has 0 saturated carbocycles. The molecule has 0 fully saturated rings. The van der Waals surface area contributed by atoms with Gasteiger partial charge in [0.15, 0.2) is 5.84 Å². The molecule has 0 aliphatic carbocycles. The Morgan fingerprint density at radius 3 is 2.06 bits per heavy atom. The van der Waals surface area contributed by atoms with Gasteiger partial charge in [-0.2, -0.15) is 0 Å². The van der Waals surface area contributed by atoms with Crippen LogP contribution in [0.5, 0.6) is 0 Å². The number of amidine groups is 1. The fraction of sp³-hybridized carbons (Fsp3) is 0.417. The molecule has 1 aromatic carbocycles. The molecular formula is C12H18N2O2. The third-order valence-electron chi connectivity index (χ3n) is 2.20. The van der Waals surface area contributed by atoms with Crippen LogP contribution in [-0.2, 0) is 15.3 Å². The molecule has 16 heavy (non-hydrogen) atoms. The van der Waals surface area contributed by atoms with Crippen molar-refractivity contribution in [2.24, 2.45) is 5.73 Å². The third-order valence-corrected chi connectivity index (χ3v) is 2.20. The summed E-state index contributed by atoms with van der Waals surface area (Å²) in [6.07, 6.45) is 0. The Morgan fingerprint density at radius 2 is 1.69 bits per heavy atom. The minimum Gasteiger partial charge on any atom is -0.383 e. The second-order valence-electron chi connectivity index (χ2n) is 3.26. The molecule has 0 bridgehead atoms. The first-order valence-corrected chi connectivity index (χ1v) is 5.35. The van der Waals surface area contributed by atoms with Crippen LogP contribution in [0.15, 0.2) is 30.3 Å². The van der Waals surface area contributed by atoms with E-state index in [2.05, 4.69) is 0 Å². The second kappa shape index (κ2) is 5.63. The fourth-order valence-electron chi connectivity index (χ4n) is 1.58. The van der Waals surface area contributed by atoms with E-state index in [4.69, 9.17) is 20.6 Å². The molecule has 0 amide bonds. The van der Waals surface area contributed by atoms with Crippen LogP contribution < -0.4 is 5.73 Å². The standard InChI is InChI=1S/C12H18N2O2/c1-3-15-12(11(13)14,16-4-2)10-8-6-5-7-9-10/h5-9H,3-4H2,1-2H3,(H3,13,14). The molecule has 4 heteroatoms. The highest BCUT2D eigenvalue weighted by atomic mass is 16.7. The van der Waals surface area contributed by atoms with Crippen LogP contribution in [0.1, 0.15) is 19.4 Å². The highest BCUT2D eigenvalue weighted by Crippen LogP contribution is 2.27. The number of nitrogens with two attached hydrogens (primary N) is 1. The van der Waals surface area contributed by atoms with Crippen molar-refractivity contribution in [2.75, 3.05) is 13.2 Å². The second-order valence-corrected chi connectivity index (χ2v) is 3.26. The maximum Gasteiger partial charge on any atom is 0.254 e. The summed E-state index contributed by atoms with van der Waals surface area (Å²) in [6.45, 7) is 4.54. The van der Waals surface area contributed by atoms with Crippen LogP contribution in [0.3, 0.4) is 0 Å². The van der Waals surface area contributed by atoms with Crippen molar-refractivity contribution in [1.29, 1.82) is 5.41 Å². The van der Waals surface area contributed by atoms with Crippen molar-refractivity contribution in [3.63, 3.8) is 0 Å². The summed E-state index contributed by atoms with van der Waals surface area (Å²) >= 11 is 0. The number of rotatable bonds is 6. The number of hydrogen-bond donors (Lipinski definition) is 2. The number of hydrogen-bond acceptors (Lipinski definition) is 3. The number of ether oxygens (including phenoxy) is 2. The molecule has 0 aliphatic heterocycles. The van der Waals surface area contributed by atoms with Gasteiger partial charge in [0, 0.05) is 18.8 Å². The summed E-state index contributed by atoms with van der Waals surface area (Å²) in [5.41, 5.74) is 6.35. The molecule has 0 radical (unpaired) electrons. The molecule has 3 N–H and O–H groups in total. The molecule has 0 spiro atoms. The molecular weight excluding hydrogens is 204 g/mol. The number of nitrogens with one attached hydrogen (secondary N) is 1. The highest BCUT2D eigenvalue weighted by molar-refractivity contribution is 5.86. The lowest BCUT2D eigenvalue weighted by atomic mass is 10.0. The first-order chi connectivity index (χ1) is 7.67. The SMILES string of the molecule is CCOC(OCC)(C(=N)N)c1ccccc1. The van der Waals surface area contributed by atoms with E-state index >= 15 is 0 Å². The van der Waals surface area contributed by atoms with Gasteiger partial charge in [-0.3, -0.25) is 5.41 Å². The van der Waals surface area contributed by atoms with Gasteiger partial charge in [-0.25, -0.2) is 0 Å². The van der Waals surface area contributed by atoms with E-state index in [9.17, 15) is 0 Å². The Hall–Kier alpha value is -1.39. The van der Waals surface area contributed by atoms with E-state index in [1.807, 2.05) is 44.2 Å². The zero-order chi connectivity index (χ0) is 12.0. The normalized spacial score (nSPS) is 11.4. The Bertz CT molecular complexity index is 332. The summed E-state index contributed by atoms with van der Waals surface area (Å²) in [7, 11) is 0. The van der Waals surface area contributed by atoms with Crippen LogP contribution in [0, 0.1) is 5.41 Å². The summed E-state index contributed by atoms with van der Waals surface area (Å²) in [6, 6.07) is 9.31. The summed E-state index contributed by atoms with van der Waals surface area (Å²) < 4.78 is 11.1. The molecule has 1 aromatic rings. The van der Waals surface area contributed by atoms with Gasteiger partial charge in [-0.05, 0) is 13.8 Å². The molecule has 4 nitrogen and oxygen atoms in total. The smallest absolute Gasteiger partial charge is 0.254 e. The van der Waals surface area contributed by atoms with E-state index in [1.54, 1.807) is 0 Å². The Labute approximate surface area is 95.9 Å². The van der Waals surface area contributed by atoms with Crippen molar-refractivity contribution in [2.45, 2.75) is 19.6 Å². The van der Waals surface area contributed by atoms with E-state index in [0.717, 1.165) is 5.56 Å². The van der Waals surface area contributed by atoms with Gasteiger partial charge in [0.05, 0.1) is 0 Å². The van der Waals surface area contributed by atoms with Crippen molar-refractivity contribution in [3.05, 3.63) is 35.9 Å². The zero-order valence-electron chi connectivity index (χ0n) is 9.69.